The van der Waals surface area contributed by atoms with Gasteiger partial charge in [0.2, 0.25) is 0 Å². The Kier molecular flexibility index (Phi) is 15.7. The van der Waals surface area contributed by atoms with E-state index in [0.717, 1.165) is 17.7 Å². The van der Waals surface area contributed by atoms with Gasteiger partial charge in [-0.25, -0.2) is 4.68 Å². The summed E-state index contributed by atoms with van der Waals surface area (Å²) in [4.78, 5) is 12.3. The van der Waals surface area contributed by atoms with Crippen molar-refractivity contribution in [3.63, 3.8) is 0 Å². The number of hydrogen-bond donors (Lipinski definition) is 1. The molecule has 2 rings (SSSR count). The van der Waals surface area contributed by atoms with Gasteiger partial charge in [-0.1, -0.05) is 121 Å². The van der Waals surface area contributed by atoms with Crippen LogP contribution in [0.15, 0.2) is 36.5 Å². The minimum atomic E-state index is -0.111. The number of nitrogens with one attached hydrogen (secondary N) is 1. The van der Waals surface area contributed by atoms with Crippen LogP contribution in [-0.4, -0.2) is 22.2 Å². The monoisotopic (exact) mass is 483 g/mol. The first-order valence-electron chi connectivity index (χ1n) is 14.2. The van der Waals surface area contributed by atoms with Crippen LogP contribution in [0.25, 0.3) is 0 Å². The van der Waals surface area contributed by atoms with Crippen molar-refractivity contribution in [3.8, 4) is 5.75 Å². The van der Waals surface area contributed by atoms with Crippen LogP contribution in [0, 0.1) is 6.92 Å². The number of hydrogen-bond acceptors (Lipinski definition) is 3. The van der Waals surface area contributed by atoms with E-state index in [4.69, 9.17) is 4.74 Å². The zero-order valence-electron chi connectivity index (χ0n) is 22.4. The van der Waals surface area contributed by atoms with Crippen LogP contribution in [-0.2, 0) is 6.73 Å². The maximum atomic E-state index is 12.3. The molecule has 5 heteroatoms. The standard InChI is InChI=1S/C30H49N3O2/c1-3-4-5-6-7-8-9-10-11-12-13-14-15-16-17-20-24-31-30(34)28-23-25-33(32-28)26-35-29-22-19-18-21-27(29)2/h18-19,21-23,25H,3-17,20,24,26H2,1-2H3,(H,31,34). The summed E-state index contributed by atoms with van der Waals surface area (Å²) in [7, 11) is 0. The van der Waals surface area contributed by atoms with E-state index in [-0.39, 0.29) is 12.6 Å². The molecule has 0 atom stereocenters. The SMILES string of the molecule is CCCCCCCCCCCCCCCCCCNC(=O)c1ccn(COc2ccccc2C)n1. The average Bonchev–Trinajstić information content (AvgIpc) is 3.34. The minimum Gasteiger partial charge on any atom is -0.471 e. The minimum absolute atomic E-state index is 0.111. The number of unbranched alkanes of at least 4 members (excludes halogenated alkanes) is 15. The molecular formula is C30H49N3O2. The Bertz CT molecular complexity index is 802. The molecular weight excluding hydrogens is 434 g/mol. The highest BCUT2D eigenvalue weighted by Gasteiger charge is 2.09. The molecule has 2 aromatic rings. The zero-order valence-corrected chi connectivity index (χ0v) is 22.4. The highest BCUT2D eigenvalue weighted by atomic mass is 16.5. The van der Waals surface area contributed by atoms with E-state index in [1.165, 1.54) is 96.3 Å². The molecule has 0 spiro atoms. The van der Waals surface area contributed by atoms with Crippen molar-refractivity contribution in [2.24, 2.45) is 0 Å². The zero-order chi connectivity index (χ0) is 25.0. The molecule has 0 bridgehead atoms. The second-order valence-corrected chi connectivity index (χ2v) is 9.84. The quantitative estimate of drug-likeness (QED) is 0.182. The second kappa shape index (κ2) is 19.0. The van der Waals surface area contributed by atoms with Crippen LogP contribution in [0.5, 0.6) is 5.75 Å². The molecule has 1 N–H and O–H groups in total. The van der Waals surface area contributed by atoms with Crippen molar-refractivity contribution < 1.29 is 9.53 Å². The highest BCUT2D eigenvalue weighted by molar-refractivity contribution is 5.92. The Morgan fingerprint density at radius 3 is 1.91 bits per heavy atom. The Labute approximate surface area is 214 Å². The van der Waals surface area contributed by atoms with Crippen molar-refractivity contribution in [2.75, 3.05) is 6.54 Å². The molecule has 0 unspecified atom stereocenters. The maximum Gasteiger partial charge on any atom is 0.271 e. The topological polar surface area (TPSA) is 56.2 Å². The van der Waals surface area contributed by atoms with Crippen molar-refractivity contribution in [2.45, 2.75) is 123 Å². The van der Waals surface area contributed by atoms with E-state index >= 15 is 0 Å². The predicted molar refractivity (Wildman–Crippen MR) is 146 cm³/mol. The van der Waals surface area contributed by atoms with Gasteiger partial charge in [0.1, 0.15) is 11.4 Å². The number of benzene rings is 1. The number of ether oxygens (including phenoxy) is 1. The summed E-state index contributed by atoms with van der Waals surface area (Å²) >= 11 is 0. The van der Waals surface area contributed by atoms with E-state index in [9.17, 15) is 4.79 Å². The van der Waals surface area contributed by atoms with Gasteiger partial charge in [-0.15, -0.1) is 0 Å². The van der Waals surface area contributed by atoms with E-state index in [0.29, 0.717) is 12.2 Å². The van der Waals surface area contributed by atoms with E-state index < -0.39 is 0 Å². The van der Waals surface area contributed by atoms with E-state index in [1.807, 2.05) is 31.2 Å². The highest BCUT2D eigenvalue weighted by Crippen LogP contribution is 2.17. The molecule has 1 heterocycles. The van der Waals surface area contributed by atoms with Crippen LogP contribution in [0.4, 0.5) is 0 Å². The number of carbonyl (C=O) groups excluding carboxylic acids is 1. The van der Waals surface area contributed by atoms with Crippen LogP contribution in [0.2, 0.25) is 0 Å². The van der Waals surface area contributed by atoms with Crippen molar-refractivity contribution in [1.82, 2.24) is 15.1 Å². The first kappa shape index (κ1) is 28.9. The van der Waals surface area contributed by atoms with Gasteiger partial charge in [0.25, 0.3) is 5.91 Å². The van der Waals surface area contributed by atoms with Gasteiger partial charge in [-0.05, 0) is 31.0 Å². The van der Waals surface area contributed by atoms with Gasteiger partial charge in [-0.3, -0.25) is 4.79 Å². The number of carbonyl (C=O) groups is 1. The summed E-state index contributed by atoms with van der Waals surface area (Å²) in [6.07, 6.45) is 23.4. The number of nitrogens with zero attached hydrogens (tertiary/aromatic N) is 2. The van der Waals surface area contributed by atoms with Gasteiger partial charge < -0.3 is 10.1 Å². The Morgan fingerprint density at radius 2 is 1.34 bits per heavy atom. The first-order chi connectivity index (χ1) is 17.2. The number of para-hydroxylation sites is 1. The molecule has 196 valence electrons. The fourth-order valence-electron chi connectivity index (χ4n) is 4.37. The third kappa shape index (κ3) is 13.4. The molecule has 1 aromatic heterocycles. The molecule has 0 saturated heterocycles. The molecule has 0 aliphatic carbocycles. The van der Waals surface area contributed by atoms with Crippen molar-refractivity contribution >= 4 is 5.91 Å². The fraction of sp³-hybridized carbons (Fsp3) is 0.667. The fourth-order valence-corrected chi connectivity index (χ4v) is 4.37. The molecule has 1 amide bonds. The van der Waals surface area contributed by atoms with E-state index in [2.05, 4.69) is 17.3 Å². The lowest BCUT2D eigenvalue weighted by Gasteiger charge is -2.08. The van der Waals surface area contributed by atoms with Crippen LogP contribution in [0.3, 0.4) is 0 Å². The molecule has 1 aromatic carbocycles. The summed E-state index contributed by atoms with van der Waals surface area (Å²) in [5, 5.41) is 7.32. The molecule has 0 radical (unpaired) electrons. The first-order valence-corrected chi connectivity index (χ1v) is 14.2. The van der Waals surface area contributed by atoms with Gasteiger partial charge in [0, 0.05) is 12.7 Å². The van der Waals surface area contributed by atoms with Gasteiger partial charge in [-0.2, -0.15) is 5.10 Å². The molecule has 5 nitrogen and oxygen atoms in total. The number of aryl methyl sites for hydroxylation is 1. The summed E-state index contributed by atoms with van der Waals surface area (Å²) < 4.78 is 7.43. The molecule has 35 heavy (non-hydrogen) atoms. The van der Waals surface area contributed by atoms with Crippen molar-refractivity contribution in [1.29, 1.82) is 0 Å². The molecule has 0 saturated carbocycles. The number of aromatic nitrogens is 2. The Morgan fingerprint density at radius 1 is 0.800 bits per heavy atom. The summed E-state index contributed by atoms with van der Waals surface area (Å²) in [6.45, 7) is 5.29. The van der Waals surface area contributed by atoms with Gasteiger partial charge in [0.15, 0.2) is 6.73 Å². The summed E-state index contributed by atoms with van der Waals surface area (Å²) in [5.41, 5.74) is 1.52. The normalized spacial score (nSPS) is 11.0. The summed E-state index contributed by atoms with van der Waals surface area (Å²) in [5.74, 6) is 0.720. The second-order valence-electron chi connectivity index (χ2n) is 9.84. The third-order valence-corrected chi connectivity index (χ3v) is 6.64. The largest absolute Gasteiger partial charge is 0.471 e. The molecule has 0 fully saturated rings. The van der Waals surface area contributed by atoms with Gasteiger partial charge in [0.05, 0.1) is 0 Å². The van der Waals surface area contributed by atoms with Crippen LogP contribution in [0.1, 0.15) is 126 Å². The molecule has 0 aliphatic heterocycles. The maximum absolute atomic E-state index is 12.3. The third-order valence-electron chi connectivity index (χ3n) is 6.64. The number of rotatable bonds is 21. The van der Waals surface area contributed by atoms with Crippen LogP contribution < -0.4 is 10.1 Å². The van der Waals surface area contributed by atoms with E-state index in [1.54, 1.807) is 16.9 Å². The Balaban J connectivity index is 1.39. The predicted octanol–water partition coefficient (Wildman–Crippen LogP) is 8.22. The summed E-state index contributed by atoms with van der Waals surface area (Å²) in [6, 6.07) is 9.62. The lowest BCUT2D eigenvalue weighted by molar-refractivity contribution is 0.0946. The van der Waals surface area contributed by atoms with Crippen molar-refractivity contribution in [3.05, 3.63) is 47.8 Å². The average molecular weight is 484 g/mol. The smallest absolute Gasteiger partial charge is 0.271 e. The van der Waals surface area contributed by atoms with Crippen LogP contribution >= 0.6 is 0 Å². The lowest BCUT2D eigenvalue weighted by atomic mass is 10.0. The number of amides is 1. The van der Waals surface area contributed by atoms with Gasteiger partial charge >= 0.3 is 0 Å². The molecule has 0 aliphatic rings. The Hall–Kier alpha value is -2.30. The lowest BCUT2D eigenvalue weighted by Crippen LogP contribution is -2.25.